The number of ether oxygens (including phenoxy) is 1. The minimum absolute atomic E-state index is 0.00667. The number of esters is 1. The van der Waals surface area contributed by atoms with Crippen LogP contribution in [0.25, 0.3) is 0 Å². The van der Waals surface area contributed by atoms with Crippen molar-refractivity contribution in [1.82, 2.24) is 5.32 Å². The minimum Gasteiger partial charge on any atom is -0.460 e. The van der Waals surface area contributed by atoms with E-state index in [-0.39, 0.29) is 22.9 Å². The third-order valence-electron chi connectivity index (χ3n) is 3.32. The van der Waals surface area contributed by atoms with Gasteiger partial charge in [-0.15, -0.1) is 0 Å². The fourth-order valence-electron chi connectivity index (χ4n) is 2.17. The van der Waals surface area contributed by atoms with Crippen LogP contribution in [-0.4, -0.2) is 24.7 Å². The van der Waals surface area contributed by atoms with Crippen molar-refractivity contribution in [2.24, 2.45) is 17.3 Å². The summed E-state index contributed by atoms with van der Waals surface area (Å²) in [5.41, 5.74) is -0.139. The van der Waals surface area contributed by atoms with Gasteiger partial charge in [-0.3, -0.25) is 4.79 Å². The highest BCUT2D eigenvalue weighted by molar-refractivity contribution is 5.73. The van der Waals surface area contributed by atoms with Crippen LogP contribution in [0.4, 0.5) is 0 Å². The summed E-state index contributed by atoms with van der Waals surface area (Å²) in [6.45, 7) is 14.2. The summed E-state index contributed by atoms with van der Waals surface area (Å²) in [6, 6.07) is 0. The molecule has 0 spiro atoms. The minimum atomic E-state index is -0.383. The van der Waals surface area contributed by atoms with E-state index < -0.39 is 0 Å². The van der Waals surface area contributed by atoms with Gasteiger partial charge in [-0.05, 0) is 45.1 Å². The molecule has 1 aliphatic rings. The van der Waals surface area contributed by atoms with Gasteiger partial charge < -0.3 is 10.1 Å². The molecule has 0 saturated carbocycles. The summed E-state index contributed by atoms with van der Waals surface area (Å²) in [7, 11) is 0. The van der Waals surface area contributed by atoms with E-state index in [9.17, 15) is 4.79 Å². The van der Waals surface area contributed by atoms with Gasteiger partial charge in [0, 0.05) is 6.54 Å². The summed E-state index contributed by atoms with van der Waals surface area (Å²) >= 11 is 0. The van der Waals surface area contributed by atoms with E-state index in [0.717, 1.165) is 19.5 Å². The number of carbonyl (C=O) groups excluding carboxylic acids is 1. The lowest BCUT2D eigenvalue weighted by Gasteiger charge is -2.38. The van der Waals surface area contributed by atoms with Crippen LogP contribution in [0.15, 0.2) is 0 Å². The predicted octanol–water partition coefficient (Wildman–Crippen LogP) is 2.60. The van der Waals surface area contributed by atoms with Crippen molar-refractivity contribution < 1.29 is 9.53 Å². The Bertz CT molecular complexity index is 273. The molecule has 0 aliphatic carbocycles. The van der Waals surface area contributed by atoms with Crippen molar-refractivity contribution in [1.29, 1.82) is 0 Å². The van der Waals surface area contributed by atoms with Crippen molar-refractivity contribution >= 4 is 5.97 Å². The molecule has 1 rings (SSSR count). The summed E-state index contributed by atoms with van der Waals surface area (Å²) < 4.78 is 5.46. The topological polar surface area (TPSA) is 38.3 Å². The van der Waals surface area contributed by atoms with Gasteiger partial charge in [0.1, 0.15) is 5.60 Å². The zero-order valence-electron chi connectivity index (χ0n) is 12.1. The SMILES string of the molecule is CC(C)(C)OC(=O)[C@@H]1CNC[C@H](C(C)(C)C)C1. The first kappa shape index (κ1) is 14.5. The Morgan fingerprint density at radius 2 is 1.71 bits per heavy atom. The van der Waals surface area contributed by atoms with Gasteiger partial charge in [-0.2, -0.15) is 0 Å². The van der Waals surface area contributed by atoms with Gasteiger partial charge in [0.2, 0.25) is 0 Å². The highest BCUT2D eigenvalue weighted by Crippen LogP contribution is 2.33. The maximum atomic E-state index is 12.0. The highest BCUT2D eigenvalue weighted by Gasteiger charge is 2.35. The van der Waals surface area contributed by atoms with Gasteiger partial charge >= 0.3 is 5.97 Å². The Morgan fingerprint density at radius 1 is 1.12 bits per heavy atom. The second-order valence-electron chi connectivity index (χ2n) is 7.19. The fourth-order valence-corrected chi connectivity index (χ4v) is 2.17. The molecule has 0 aromatic carbocycles. The van der Waals surface area contributed by atoms with Crippen LogP contribution < -0.4 is 5.32 Å². The van der Waals surface area contributed by atoms with Gasteiger partial charge in [-0.1, -0.05) is 20.8 Å². The summed E-state index contributed by atoms with van der Waals surface area (Å²) in [5.74, 6) is 0.486. The Labute approximate surface area is 105 Å². The van der Waals surface area contributed by atoms with Crippen LogP contribution in [0.5, 0.6) is 0 Å². The highest BCUT2D eigenvalue weighted by atomic mass is 16.6. The summed E-state index contributed by atoms with van der Waals surface area (Å²) in [5, 5.41) is 3.36. The molecule has 17 heavy (non-hydrogen) atoms. The Hall–Kier alpha value is -0.570. The van der Waals surface area contributed by atoms with E-state index in [0.29, 0.717) is 5.92 Å². The van der Waals surface area contributed by atoms with Crippen molar-refractivity contribution in [3.8, 4) is 0 Å². The normalized spacial score (nSPS) is 26.7. The number of rotatable bonds is 1. The van der Waals surface area contributed by atoms with E-state index in [1.807, 2.05) is 20.8 Å². The van der Waals surface area contributed by atoms with E-state index in [1.165, 1.54) is 0 Å². The van der Waals surface area contributed by atoms with Gasteiger partial charge in [-0.25, -0.2) is 0 Å². The molecule has 0 aromatic rings. The molecule has 0 bridgehead atoms. The Morgan fingerprint density at radius 3 is 2.18 bits per heavy atom. The van der Waals surface area contributed by atoms with Gasteiger partial charge in [0.05, 0.1) is 5.92 Å². The maximum absolute atomic E-state index is 12.0. The second kappa shape index (κ2) is 4.97. The third kappa shape index (κ3) is 4.66. The second-order valence-corrected chi connectivity index (χ2v) is 7.19. The Balaban J connectivity index is 2.58. The van der Waals surface area contributed by atoms with E-state index in [2.05, 4.69) is 26.1 Å². The molecular formula is C14H27NO2. The van der Waals surface area contributed by atoms with Crippen LogP contribution >= 0.6 is 0 Å². The first-order chi connectivity index (χ1) is 7.59. The molecule has 0 unspecified atom stereocenters. The molecule has 3 heteroatoms. The van der Waals surface area contributed by atoms with E-state index in [4.69, 9.17) is 4.74 Å². The molecule has 1 aliphatic heterocycles. The molecule has 1 heterocycles. The van der Waals surface area contributed by atoms with Crippen LogP contribution in [0.1, 0.15) is 48.0 Å². The first-order valence-corrected chi connectivity index (χ1v) is 6.53. The molecule has 2 atom stereocenters. The number of hydrogen-bond acceptors (Lipinski definition) is 3. The number of carbonyl (C=O) groups is 1. The van der Waals surface area contributed by atoms with Crippen LogP contribution in [-0.2, 0) is 9.53 Å². The molecule has 0 aromatic heterocycles. The number of nitrogens with one attached hydrogen (secondary N) is 1. The maximum Gasteiger partial charge on any atom is 0.310 e. The summed E-state index contributed by atoms with van der Waals surface area (Å²) in [6.07, 6.45) is 0.936. The van der Waals surface area contributed by atoms with Gasteiger partial charge in [0.25, 0.3) is 0 Å². The molecule has 1 fully saturated rings. The lowest BCUT2D eigenvalue weighted by Crippen LogP contribution is -2.45. The predicted molar refractivity (Wildman–Crippen MR) is 69.8 cm³/mol. The molecule has 1 saturated heterocycles. The van der Waals surface area contributed by atoms with Crippen molar-refractivity contribution in [3.05, 3.63) is 0 Å². The average Bonchev–Trinajstić information content (AvgIpc) is 2.14. The number of hydrogen-bond donors (Lipinski definition) is 1. The molecule has 1 N–H and O–H groups in total. The molecule has 100 valence electrons. The van der Waals surface area contributed by atoms with Crippen LogP contribution in [0.3, 0.4) is 0 Å². The zero-order chi connectivity index (χ0) is 13.3. The third-order valence-corrected chi connectivity index (χ3v) is 3.32. The largest absolute Gasteiger partial charge is 0.460 e. The lowest BCUT2D eigenvalue weighted by molar-refractivity contribution is -0.161. The molecular weight excluding hydrogens is 214 g/mol. The fraction of sp³-hybridized carbons (Fsp3) is 0.929. The van der Waals surface area contributed by atoms with Crippen molar-refractivity contribution in [2.45, 2.75) is 53.6 Å². The first-order valence-electron chi connectivity index (χ1n) is 6.53. The molecule has 0 amide bonds. The standard InChI is InChI=1S/C14H27NO2/c1-13(2,3)11-7-10(8-15-9-11)12(16)17-14(4,5)6/h10-11,15H,7-9H2,1-6H3/t10-,11+/m0/s1. The van der Waals surface area contributed by atoms with Gasteiger partial charge in [0.15, 0.2) is 0 Å². The quantitative estimate of drug-likeness (QED) is 0.717. The number of piperidine rings is 1. The van der Waals surface area contributed by atoms with Crippen molar-refractivity contribution in [2.75, 3.05) is 13.1 Å². The smallest absolute Gasteiger partial charge is 0.310 e. The van der Waals surface area contributed by atoms with E-state index >= 15 is 0 Å². The van der Waals surface area contributed by atoms with Crippen LogP contribution in [0.2, 0.25) is 0 Å². The molecule has 3 nitrogen and oxygen atoms in total. The Kier molecular flexibility index (Phi) is 4.23. The summed E-state index contributed by atoms with van der Waals surface area (Å²) in [4.78, 5) is 12.0. The average molecular weight is 241 g/mol. The monoisotopic (exact) mass is 241 g/mol. The zero-order valence-corrected chi connectivity index (χ0v) is 12.1. The van der Waals surface area contributed by atoms with E-state index in [1.54, 1.807) is 0 Å². The van der Waals surface area contributed by atoms with Crippen LogP contribution in [0, 0.1) is 17.3 Å². The molecule has 0 radical (unpaired) electrons. The van der Waals surface area contributed by atoms with Crippen molar-refractivity contribution in [3.63, 3.8) is 0 Å². The lowest BCUT2D eigenvalue weighted by atomic mass is 9.74.